The van der Waals surface area contributed by atoms with Gasteiger partial charge in [-0.2, -0.15) is 11.8 Å². The molecular formula is C16H20O2S. The van der Waals surface area contributed by atoms with Crippen molar-refractivity contribution in [3.63, 3.8) is 0 Å². The molecule has 102 valence electrons. The average Bonchev–Trinajstić information content (AvgIpc) is 2.43. The normalized spacial score (nSPS) is 12.6. The second-order valence-electron chi connectivity index (χ2n) is 4.58. The van der Waals surface area contributed by atoms with Crippen LogP contribution in [0.4, 0.5) is 0 Å². The minimum absolute atomic E-state index is 0.514. The highest BCUT2D eigenvalue weighted by molar-refractivity contribution is 7.98. The molecule has 0 aliphatic heterocycles. The summed E-state index contributed by atoms with van der Waals surface area (Å²) in [5, 5.41) is 12.1. The van der Waals surface area contributed by atoms with E-state index in [1.165, 1.54) is 0 Å². The number of rotatable bonds is 6. The van der Waals surface area contributed by atoms with E-state index in [4.69, 9.17) is 4.74 Å². The summed E-state index contributed by atoms with van der Waals surface area (Å²) in [5.74, 6) is 1.92. The van der Waals surface area contributed by atoms with Crippen LogP contribution in [0.3, 0.4) is 0 Å². The van der Waals surface area contributed by atoms with Crippen molar-refractivity contribution in [2.24, 2.45) is 0 Å². The minimum Gasteiger partial charge on any atom is -0.493 e. The van der Waals surface area contributed by atoms with Crippen LogP contribution in [-0.2, 0) is 0 Å². The molecule has 0 fully saturated rings. The Hall–Kier alpha value is -1.19. The fourth-order valence-electron chi connectivity index (χ4n) is 2.13. The zero-order valence-corrected chi connectivity index (χ0v) is 12.2. The summed E-state index contributed by atoms with van der Waals surface area (Å²) in [5.41, 5.74) is 0.864. The first-order valence-electron chi connectivity index (χ1n) is 6.55. The Morgan fingerprint density at radius 2 is 2.00 bits per heavy atom. The van der Waals surface area contributed by atoms with Crippen LogP contribution in [0.25, 0.3) is 10.8 Å². The summed E-state index contributed by atoms with van der Waals surface area (Å²) in [6.45, 7) is 2.47. The van der Waals surface area contributed by atoms with Crippen LogP contribution in [0.2, 0.25) is 0 Å². The lowest BCUT2D eigenvalue weighted by Crippen LogP contribution is -2.03. The maximum Gasteiger partial charge on any atom is 0.132 e. The molecule has 2 rings (SSSR count). The second-order valence-corrected chi connectivity index (χ2v) is 5.56. The van der Waals surface area contributed by atoms with Gasteiger partial charge < -0.3 is 9.84 Å². The third-order valence-corrected chi connectivity index (χ3v) is 3.80. The lowest BCUT2D eigenvalue weighted by atomic mass is 10.0. The topological polar surface area (TPSA) is 29.5 Å². The van der Waals surface area contributed by atoms with Crippen LogP contribution in [0.15, 0.2) is 36.4 Å². The third-order valence-electron chi connectivity index (χ3n) is 3.10. The molecule has 0 aliphatic rings. The van der Waals surface area contributed by atoms with Gasteiger partial charge in [0.05, 0.1) is 12.7 Å². The van der Waals surface area contributed by atoms with Gasteiger partial charge in [0.15, 0.2) is 0 Å². The van der Waals surface area contributed by atoms with Gasteiger partial charge in [0.25, 0.3) is 0 Å². The van der Waals surface area contributed by atoms with E-state index in [2.05, 4.69) is 12.3 Å². The highest BCUT2D eigenvalue weighted by Gasteiger charge is 2.12. The van der Waals surface area contributed by atoms with E-state index in [0.717, 1.165) is 34.3 Å². The van der Waals surface area contributed by atoms with Crippen molar-refractivity contribution in [3.05, 3.63) is 42.0 Å². The molecule has 1 atom stereocenters. The number of aliphatic hydroxyl groups excluding tert-OH is 1. The van der Waals surface area contributed by atoms with E-state index < -0.39 is 6.10 Å². The van der Waals surface area contributed by atoms with Crippen LogP contribution in [0.1, 0.15) is 25.0 Å². The first-order valence-corrected chi connectivity index (χ1v) is 7.95. The molecule has 2 nitrogen and oxygen atoms in total. The Kier molecular flexibility index (Phi) is 5.11. The molecule has 1 unspecified atom stereocenters. The van der Waals surface area contributed by atoms with Gasteiger partial charge >= 0.3 is 0 Å². The van der Waals surface area contributed by atoms with E-state index in [0.29, 0.717) is 6.61 Å². The number of fused-ring (bicyclic) bond motifs is 1. The molecule has 0 saturated carbocycles. The molecule has 0 bridgehead atoms. The largest absolute Gasteiger partial charge is 0.493 e. The van der Waals surface area contributed by atoms with Gasteiger partial charge in [-0.3, -0.25) is 0 Å². The van der Waals surface area contributed by atoms with Crippen LogP contribution in [0.5, 0.6) is 5.75 Å². The Labute approximate surface area is 118 Å². The maximum absolute atomic E-state index is 9.88. The summed E-state index contributed by atoms with van der Waals surface area (Å²) >= 11 is 1.82. The molecule has 0 aliphatic carbocycles. The number of ether oxygens (including phenoxy) is 1. The van der Waals surface area contributed by atoms with Crippen molar-refractivity contribution in [1.29, 1.82) is 0 Å². The number of aliphatic hydroxyl groups is 1. The summed E-state index contributed by atoms with van der Waals surface area (Å²) in [6, 6.07) is 12.1. The van der Waals surface area contributed by atoms with Gasteiger partial charge in [0.1, 0.15) is 5.75 Å². The predicted molar refractivity (Wildman–Crippen MR) is 83.1 cm³/mol. The number of benzene rings is 2. The van der Waals surface area contributed by atoms with E-state index in [-0.39, 0.29) is 0 Å². The Morgan fingerprint density at radius 1 is 1.21 bits per heavy atom. The highest BCUT2D eigenvalue weighted by Crippen LogP contribution is 2.33. The first kappa shape index (κ1) is 14.2. The van der Waals surface area contributed by atoms with E-state index in [9.17, 15) is 5.11 Å². The monoisotopic (exact) mass is 276 g/mol. The third kappa shape index (κ3) is 3.43. The summed E-state index contributed by atoms with van der Waals surface area (Å²) in [7, 11) is 0. The average molecular weight is 276 g/mol. The highest BCUT2D eigenvalue weighted by atomic mass is 32.2. The number of hydrogen-bond donors (Lipinski definition) is 1. The van der Waals surface area contributed by atoms with Crippen LogP contribution >= 0.6 is 11.8 Å². The van der Waals surface area contributed by atoms with E-state index in [1.54, 1.807) is 6.92 Å². The van der Waals surface area contributed by atoms with Crippen LogP contribution in [0, 0.1) is 0 Å². The fourth-order valence-corrected chi connectivity index (χ4v) is 2.53. The molecule has 0 amide bonds. The lowest BCUT2D eigenvalue weighted by Gasteiger charge is -2.16. The molecular weight excluding hydrogens is 256 g/mol. The SMILES string of the molecule is CSCCCOc1c(C(C)O)ccc2ccccc12. The van der Waals surface area contributed by atoms with E-state index >= 15 is 0 Å². The molecule has 0 spiro atoms. The van der Waals surface area contributed by atoms with Crippen LogP contribution in [-0.4, -0.2) is 23.7 Å². The van der Waals surface area contributed by atoms with Gasteiger partial charge in [0.2, 0.25) is 0 Å². The minimum atomic E-state index is -0.514. The summed E-state index contributed by atoms with van der Waals surface area (Å²) in [6.07, 6.45) is 2.60. The van der Waals surface area contributed by atoms with Crippen molar-refractivity contribution >= 4 is 22.5 Å². The van der Waals surface area contributed by atoms with Crippen molar-refractivity contribution in [2.75, 3.05) is 18.6 Å². The van der Waals surface area contributed by atoms with Gasteiger partial charge in [-0.15, -0.1) is 0 Å². The summed E-state index contributed by atoms with van der Waals surface area (Å²) < 4.78 is 5.94. The van der Waals surface area contributed by atoms with E-state index in [1.807, 2.05) is 42.1 Å². The molecule has 2 aromatic rings. The molecule has 1 N–H and O–H groups in total. The van der Waals surface area contributed by atoms with Crippen molar-refractivity contribution in [1.82, 2.24) is 0 Å². The van der Waals surface area contributed by atoms with Gasteiger partial charge in [-0.1, -0.05) is 36.4 Å². The number of hydrogen-bond acceptors (Lipinski definition) is 3. The quantitative estimate of drug-likeness (QED) is 0.808. The van der Waals surface area contributed by atoms with Gasteiger partial charge in [-0.05, 0) is 30.7 Å². The predicted octanol–water partition coefficient (Wildman–Crippen LogP) is 4.03. The van der Waals surface area contributed by atoms with Crippen molar-refractivity contribution in [2.45, 2.75) is 19.4 Å². The van der Waals surface area contributed by atoms with Gasteiger partial charge in [0, 0.05) is 10.9 Å². The molecule has 2 aromatic carbocycles. The Balaban J connectivity index is 2.33. The molecule has 19 heavy (non-hydrogen) atoms. The van der Waals surface area contributed by atoms with Crippen molar-refractivity contribution < 1.29 is 9.84 Å². The van der Waals surface area contributed by atoms with Gasteiger partial charge in [-0.25, -0.2) is 0 Å². The smallest absolute Gasteiger partial charge is 0.132 e. The second kappa shape index (κ2) is 6.83. The molecule has 0 saturated heterocycles. The van der Waals surface area contributed by atoms with Crippen LogP contribution < -0.4 is 4.74 Å². The molecule has 3 heteroatoms. The standard InChI is InChI=1S/C16H20O2S/c1-12(17)14-9-8-13-6-3-4-7-15(13)16(14)18-10-5-11-19-2/h3-4,6-9,12,17H,5,10-11H2,1-2H3. The molecule has 0 heterocycles. The maximum atomic E-state index is 9.88. The number of thioether (sulfide) groups is 1. The zero-order valence-electron chi connectivity index (χ0n) is 11.4. The Morgan fingerprint density at radius 3 is 2.74 bits per heavy atom. The van der Waals surface area contributed by atoms with Crippen molar-refractivity contribution in [3.8, 4) is 5.75 Å². The summed E-state index contributed by atoms with van der Waals surface area (Å²) in [4.78, 5) is 0. The fraction of sp³-hybridized carbons (Fsp3) is 0.375. The molecule has 0 radical (unpaired) electrons. The Bertz CT molecular complexity index is 537. The molecule has 0 aromatic heterocycles. The first-order chi connectivity index (χ1) is 9.24. The lowest BCUT2D eigenvalue weighted by molar-refractivity contribution is 0.192. The zero-order chi connectivity index (χ0) is 13.7.